The molecule has 0 unspecified atom stereocenters. The van der Waals surface area contributed by atoms with E-state index in [4.69, 9.17) is 0 Å². The van der Waals surface area contributed by atoms with Crippen molar-refractivity contribution in [3.8, 4) is 0 Å². The van der Waals surface area contributed by atoms with Crippen molar-refractivity contribution in [1.82, 2.24) is 9.36 Å². The van der Waals surface area contributed by atoms with Crippen LogP contribution in [0.1, 0.15) is 44.9 Å². The maximum absolute atomic E-state index is 4.30. The summed E-state index contributed by atoms with van der Waals surface area (Å²) in [6.07, 6.45) is 6.95. The van der Waals surface area contributed by atoms with Gasteiger partial charge in [-0.3, -0.25) is 0 Å². The third-order valence-electron chi connectivity index (χ3n) is 3.49. The van der Waals surface area contributed by atoms with Gasteiger partial charge in [-0.2, -0.15) is 4.37 Å². The van der Waals surface area contributed by atoms with Crippen LogP contribution < -0.4 is 5.32 Å². The van der Waals surface area contributed by atoms with Gasteiger partial charge in [-0.25, -0.2) is 4.98 Å². The molecular formula is C12H21N3S. The molecule has 0 aromatic carbocycles. The summed E-state index contributed by atoms with van der Waals surface area (Å²) < 4.78 is 4.16. The van der Waals surface area contributed by atoms with E-state index in [0.29, 0.717) is 0 Å². The molecule has 0 aliphatic heterocycles. The Morgan fingerprint density at radius 3 is 2.69 bits per heavy atom. The quantitative estimate of drug-likeness (QED) is 0.874. The van der Waals surface area contributed by atoms with Crippen LogP contribution in [0.2, 0.25) is 0 Å². The Hall–Kier alpha value is -0.640. The molecule has 0 spiro atoms. The molecule has 1 fully saturated rings. The number of rotatable bonds is 4. The second-order valence-corrected chi connectivity index (χ2v) is 5.74. The predicted octanol–water partition coefficient (Wildman–Crippen LogP) is 3.47. The molecular weight excluding hydrogens is 218 g/mol. The first-order chi connectivity index (χ1) is 7.74. The van der Waals surface area contributed by atoms with Crippen LogP contribution in [0.4, 0.5) is 5.13 Å². The maximum atomic E-state index is 4.30. The molecule has 3 nitrogen and oxygen atoms in total. The number of anilines is 1. The van der Waals surface area contributed by atoms with E-state index >= 15 is 0 Å². The van der Waals surface area contributed by atoms with Gasteiger partial charge in [0.1, 0.15) is 5.82 Å². The SMILES string of the molecule is Cc1nsc(NCCC2CCC(C)CC2)n1. The first-order valence-corrected chi connectivity index (χ1v) is 7.05. The molecule has 1 saturated carbocycles. The lowest BCUT2D eigenvalue weighted by molar-refractivity contribution is 0.282. The first-order valence-electron chi connectivity index (χ1n) is 6.28. The van der Waals surface area contributed by atoms with E-state index in [2.05, 4.69) is 21.6 Å². The number of nitrogens with zero attached hydrogens (tertiary/aromatic N) is 2. The number of aromatic nitrogens is 2. The lowest BCUT2D eigenvalue weighted by atomic mass is 9.81. The summed E-state index contributed by atoms with van der Waals surface area (Å²) >= 11 is 1.46. The van der Waals surface area contributed by atoms with E-state index in [-0.39, 0.29) is 0 Å². The van der Waals surface area contributed by atoms with Crippen LogP contribution in [0.15, 0.2) is 0 Å². The van der Waals surface area contributed by atoms with Crippen molar-refractivity contribution < 1.29 is 0 Å². The van der Waals surface area contributed by atoms with E-state index in [9.17, 15) is 0 Å². The Kier molecular flexibility index (Phi) is 4.16. The molecule has 1 heterocycles. The average Bonchev–Trinajstić information content (AvgIpc) is 2.67. The molecule has 1 aliphatic carbocycles. The van der Waals surface area contributed by atoms with Crippen molar-refractivity contribution in [1.29, 1.82) is 0 Å². The fourth-order valence-electron chi connectivity index (χ4n) is 2.37. The van der Waals surface area contributed by atoms with Gasteiger partial charge in [-0.15, -0.1) is 0 Å². The lowest BCUT2D eigenvalue weighted by Crippen LogP contribution is -2.15. The van der Waals surface area contributed by atoms with E-state index in [1.54, 1.807) is 0 Å². The van der Waals surface area contributed by atoms with Crippen LogP contribution in [-0.4, -0.2) is 15.9 Å². The molecule has 0 atom stereocenters. The Morgan fingerprint density at radius 1 is 1.31 bits per heavy atom. The fourth-order valence-corrected chi connectivity index (χ4v) is 2.97. The molecule has 4 heteroatoms. The zero-order valence-electron chi connectivity index (χ0n) is 10.2. The number of aryl methyl sites for hydroxylation is 1. The topological polar surface area (TPSA) is 37.8 Å². The smallest absolute Gasteiger partial charge is 0.202 e. The van der Waals surface area contributed by atoms with Crippen molar-refractivity contribution in [2.75, 3.05) is 11.9 Å². The highest BCUT2D eigenvalue weighted by Gasteiger charge is 2.17. The van der Waals surface area contributed by atoms with Gasteiger partial charge in [0.15, 0.2) is 0 Å². The van der Waals surface area contributed by atoms with Crippen LogP contribution in [0.25, 0.3) is 0 Å². The minimum atomic E-state index is 0.874. The largest absolute Gasteiger partial charge is 0.360 e. The zero-order valence-corrected chi connectivity index (χ0v) is 11.0. The second kappa shape index (κ2) is 5.62. The van der Waals surface area contributed by atoms with Crippen LogP contribution in [0.3, 0.4) is 0 Å². The predicted molar refractivity (Wildman–Crippen MR) is 68.9 cm³/mol. The molecule has 0 saturated heterocycles. The van der Waals surface area contributed by atoms with E-state index in [0.717, 1.165) is 29.3 Å². The summed E-state index contributed by atoms with van der Waals surface area (Å²) in [5, 5.41) is 4.34. The highest BCUT2D eigenvalue weighted by atomic mass is 32.1. The molecule has 0 radical (unpaired) electrons. The number of hydrogen-bond acceptors (Lipinski definition) is 4. The number of hydrogen-bond donors (Lipinski definition) is 1. The van der Waals surface area contributed by atoms with Gasteiger partial charge in [-0.1, -0.05) is 32.6 Å². The summed E-state index contributed by atoms with van der Waals surface area (Å²) in [5.41, 5.74) is 0. The molecule has 90 valence electrons. The Labute approximate surface area is 102 Å². The molecule has 1 aromatic rings. The molecule has 1 N–H and O–H groups in total. The first kappa shape index (κ1) is 11.8. The summed E-state index contributed by atoms with van der Waals surface area (Å²) in [6, 6.07) is 0. The van der Waals surface area contributed by atoms with Gasteiger partial charge in [-0.05, 0) is 25.2 Å². The zero-order chi connectivity index (χ0) is 11.4. The van der Waals surface area contributed by atoms with Crippen molar-refractivity contribution in [2.24, 2.45) is 11.8 Å². The summed E-state index contributed by atoms with van der Waals surface area (Å²) in [4.78, 5) is 4.30. The second-order valence-electron chi connectivity index (χ2n) is 4.99. The number of nitrogens with one attached hydrogen (secondary N) is 1. The standard InChI is InChI=1S/C12H21N3S/c1-9-3-5-11(6-4-9)7-8-13-12-14-10(2)15-16-12/h9,11H,3-8H2,1-2H3,(H,13,14,15). The minimum absolute atomic E-state index is 0.874. The van der Waals surface area contributed by atoms with Crippen LogP contribution in [-0.2, 0) is 0 Å². The van der Waals surface area contributed by atoms with Gasteiger partial charge < -0.3 is 5.32 Å². The average molecular weight is 239 g/mol. The molecule has 16 heavy (non-hydrogen) atoms. The van der Waals surface area contributed by atoms with E-state index in [1.165, 1.54) is 43.6 Å². The molecule has 1 aromatic heterocycles. The molecule has 0 bridgehead atoms. The monoisotopic (exact) mass is 239 g/mol. The summed E-state index contributed by atoms with van der Waals surface area (Å²) in [7, 11) is 0. The molecule has 1 aliphatic rings. The molecule has 0 amide bonds. The highest BCUT2D eigenvalue weighted by molar-refractivity contribution is 7.09. The van der Waals surface area contributed by atoms with Gasteiger partial charge >= 0.3 is 0 Å². The Morgan fingerprint density at radius 2 is 2.06 bits per heavy atom. The van der Waals surface area contributed by atoms with Gasteiger partial charge in [0.25, 0.3) is 0 Å². The maximum Gasteiger partial charge on any atom is 0.202 e. The van der Waals surface area contributed by atoms with Crippen LogP contribution in [0, 0.1) is 18.8 Å². The third-order valence-corrected chi connectivity index (χ3v) is 4.26. The van der Waals surface area contributed by atoms with Crippen molar-refractivity contribution in [2.45, 2.75) is 46.0 Å². The minimum Gasteiger partial charge on any atom is -0.360 e. The molecule has 2 rings (SSSR count). The van der Waals surface area contributed by atoms with Gasteiger partial charge in [0.2, 0.25) is 5.13 Å². The van der Waals surface area contributed by atoms with Gasteiger partial charge in [0.05, 0.1) is 0 Å². The Bertz CT molecular complexity index is 316. The van der Waals surface area contributed by atoms with Crippen molar-refractivity contribution in [3.63, 3.8) is 0 Å². The highest BCUT2D eigenvalue weighted by Crippen LogP contribution is 2.30. The van der Waals surface area contributed by atoms with E-state index < -0.39 is 0 Å². The van der Waals surface area contributed by atoms with E-state index in [1.807, 2.05) is 6.92 Å². The summed E-state index contributed by atoms with van der Waals surface area (Å²) in [6.45, 7) is 5.36. The van der Waals surface area contributed by atoms with Crippen molar-refractivity contribution >= 4 is 16.7 Å². The van der Waals surface area contributed by atoms with Crippen LogP contribution >= 0.6 is 11.5 Å². The van der Waals surface area contributed by atoms with Crippen LogP contribution in [0.5, 0.6) is 0 Å². The summed E-state index contributed by atoms with van der Waals surface area (Å²) in [5.74, 6) is 2.76. The Balaban J connectivity index is 1.64. The fraction of sp³-hybridized carbons (Fsp3) is 0.833. The van der Waals surface area contributed by atoms with Gasteiger partial charge in [0, 0.05) is 18.1 Å². The third kappa shape index (κ3) is 3.44. The van der Waals surface area contributed by atoms with Crippen molar-refractivity contribution in [3.05, 3.63) is 5.82 Å². The normalized spacial score (nSPS) is 25.6. The lowest BCUT2D eigenvalue weighted by Gasteiger charge is -2.25.